The molecule has 3 aliphatic heterocycles. The molecular formula is C21H25FN4O3. The molecule has 0 bridgehead atoms. The van der Waals surface area contributed by atoms with Crippen LogP contribution in [-0.2, 0) is 16.1 Å². The zero-order chi connectivity index (χ0) is 20.1. The van der Waals surface area contributed by atoms with E-state index in [-0.39, 0.29) is 37.0 Å². The van der Waals surface area contributed by atoms with Crippen LogP contribution in [0, 0.1) is 5.82 Å². The van der Waals surface area contributed by atoms with Gasteiger partial charge in [0.2, 0.25) is 11.8 Å². The molecule has 2 saturated heterocycles. The van der Waals surface area contributed by atoms with E-state index in [0.29, 0.717) is 22.9 Å². The largest absolute Gasteiger partial charge is 0.367 e. The topological polar surface area (TPSA) is 73.0 Å². The van der Waals surface area contributed by atoms with Crippen molar-refractivity contribution in [2.24, 2.45) is 0 Å². The normalized spacial score (nSPS) is 25.8. The lowest BCUT2D eigenvalue weighted by Gasteiger charge is -2.43. The second-order valence-electron chi connectivity index (χ2n) is 8.43. The Morgan fingerprint density at radius 1 is 1.00 bits per heavy atom. The first-order valence-electron chi connectivity index (χ1n) is 10.5. The van der Waals surface area contributed by atoms with Crippen molar-refractivity contribution in [3.8, 4) is 0 Å². The van der Waals surface area contributed by atoms with Crippen LogP contribution < -0.4 is 10.2 Å². The van der Waals surface area contributed by atoms with Crippen LogP contribution in [0.4, 0.5) is 10.1 Å². The number of carbonyl (C=O) groups is 3. The van der Waals surface area contributed by atoms with Crippen molar-refractivity contribution in [2.45, 2.75) is 50.7 Å². The van der Waals surface area contributed by atoms with Crippen molar-refractivity contribution in [1.82, 2.24) is 15.1 Å². The van der Waals surface area contributed by atoms with E-state index in [1.807, 2.05) is 0 Å². The first kappa shape index (κ1) is 18.5. The summed E-state index contributed by atoms with van der Waals surface area (Å²) in [6.07, 6.45) is 4.32. The number of rotatable bonds is 3. The van der Waals surface area contributed by atoms with Gasteiger partial charge in [0.1, 0.15) is 6.04 Å². The fraction of sp³-hybridized carbons (Fsp3) is 0.571. The number of anilines is 1. The van der Waals surface area contributed by atoms with E-state index >= 15 is 4.39 Å². The molecule has 1 aromatic carbocycles. The molecule has 3 amide bonds. The van der Waals surface area contributed by atoms with Crippen molar-refractivity contribution in [1.29, 1.82) is 0 Å². The second kappa shape index (κ2) is 7.09. The van der Waals surface area contributed by atoms with Crippen LogP contribution in [-0.4, -0.2) is 65.8 Å². The number of nitrogens with one attached hydrogen (secondary N) is 1. The van der Waals surface area contributed by atoms with Crippen molar-refractivity contribution in [3.05, 3.63) is 29.1 Å². The summed E-state index contributed by atoms with van der Waals surface area (Å²) < 4.78 is 15.4. The Morgan fingerprint density at radius 2 is 1.76 bits per heavy atom. The van der Waals surface area contributed by atoms with E-state index in [1.54, 1.807) is 12.1 Å². The Balaban J connectivity index is 1.33. The predicted molar refractivity (Wildman–Crippen MR) is 104 cm³/mol. The zero-order valence-electron chi connectivity index (χ0n) is 16.3. The third kappa shape index (κ3) is 3.10. The zero-order valence-corrected chi connectivity index (χ0v) is 16.3. The van der Waals surface area contributed by atoms with Crippen LogP contribution >= 0.6 is 0 Å². The average Bonchev–Trinajstić information content (AvgIpc) is 2.99. The molecule has 0 aromatic heterocycles. The van der Waals surface area contributed by atoms with Gasteiger partial charge in [0.05, 0.1) is 12.2 Å². The number of halogens is 1. The van der Waals surface area contributed by atoms with Gasteiger partial charge in [-0.25, -0.2) is 4.39 Å². The summed E-state index contributed by atoms with van der Waals surface area (Å²) in [7, 11) is 0. The number of amides is 3. The van der Waals surface area contributed by atoms with Gasteiger partial charge in [-0.3, -0.25) is 24.6 Å². The maximum absolute atomic E-state index is 15.4. The third-order valence-corrected chi connectivity index (χ3v) is 6.87. The van der Waals surface area contributed by atoms with Crippen molar-refractivity contribution >= 4 is 23.4 Å². The number of benzene rings is 1. The standard InChI is InChI=1S/C21H25FN4O3/c22-19-15-12-26(17-6-7-18(27)23-20(17)28)21(29)14(15)4-5-16(19)25-10-8-24(9-11-25)13-2-1-3-13/h4-5,13,17H,1-3,6-12H2,(H,23,27,28). The lowest BCUT2D eigenvalue weighted by molar-refractivity contribution is -0.136. The highest BCUT2D eigenvalue weighted by molar-refractivity contribution is 6.05. The van der Waals surface area contributed by atoms with Crippen LogP contribution in [0.1, 0.15) is 48.0 Å². The van der Waals surface area contributed by atoms with E-state index in [0.717, 1.165) is 26.2 Å². The highest BCUT2D eigenvalue weighted by atomic mass is 19.1. The quantitative estimate of drug-likeness (QED) is 0.774. The Kier molecular flexibility index (Phi) is 4.53. The maximum atomic E-state index is 15.4. The summed E-state index contributed by atoms with van der Waals surface area (Å²) in [4.78, 5) is 42.3. The molecular weight excluding hydrogens is 375 g/mol. The number of carbonyl (C=O) groups excluding carboxylic acids is 3. The molecule has 8 heteroatoms. The maximum Gasteiger partial charge on any atom is 0.255 e. The van der Waals surface area contributed by atoms with Crippen molar-refractivity contribution < 1.29 is 18.8 Å². The molecule has 0 spiro atoms. The summed E-state index contributed by atoms with van der Waals surface area (Å²) in [6, 6.07) is 3.35. The number of hydrogen-bond donors (Lipinski definition) is 1. The van der Waals surface area contributed by atoms with E-state index in [9.17, 15) is 14.4 Å². The molecule has 1 saturated carbocycles. The van der Waals surface area contributed by atoms with Crippen LogP contribution in [0.5, 0.6) is 0 Å². The molecule has 1 atom stereocenters. The monoisotopic (exact) mass is 400 g/mol. The fourth-order valence-corrected chi connectivity index (χ4v) is 4.92. The highest BCUT2D eigenvalue weighted by Crippen LogP contribution is 2.34. The van der Waals surface area contributed by atoms with Crippen LogP contribution in [0.2, 0.25) is 0 Å². The van der Waals surface area contributed by atoms with Gasteiger partial charge in [0, 0.05) is 49.8 Å². The van der Waals surface area contributed by atoms with Crippen LogP contribution in [0.3, 0.4) is 0 Å². The first-order valence-corrected chi connectivity index (χ1v) is 10.5. The Morgan fingerprint density at radius 3 is 2.41 bits per heavy atom. The summed E-state index contributed by atoms with van der Waals surface area (Å²) in [6.45, 7) is 3.49. The number of imide groups is 1. The Bertz CT molecular complexity index is 877. The lowest BCUT2D eigenvalue weighted by atomic mass is 9.91. The molecule has 29 heavy (non-hydrogen) atoms. The fourth-order valence-electron chi connectivity index (χ4n) is 4.92. The number of fused-ring (bicyclic) bond motifs is 1. The van der Waals surface area contributed by atoms with E-state index in [4.69, 9.17) is 0 Å². The molecule has 5 rings (SSSR count). The van der Waals surface area contributed by atoms with Gasteiger partial charge >= 0.3 is 0 Å². The average molecular weight is 400 g/mol. The molecule has 3 fully saturated rings. The molecule has 1 aliphatic carbocycles. The molecule has 1 unspecified atom stereocenters. The van der Waals surface area contributed by atoms with Gasteiger partial charge in [-0.2, -0.15) is 0 Å². The first-order chi connectivity index (χ1) is 14.0. The molecule has 0 radical (unpaired) electrons. The molecule has 1 aromatic rings. The SMILES string of the molecule is O=C1CCC(N2Cc3c(ccc(N4CCN(C5CCC5)CC4)c3F)C2=O)C(=O)N1. The smallest absolute Gasteiger partial charge is 0.255 e. The number of piperazine rings is 1. The van der Waals surface area contributed by atoms with Crippen molar-refractivity contribution in [3.63, 3.8) is 0 Å². The summed E-state index contributed by atoms with van der Waals surface area (Å²) in [5.41, 5.74) is 1.22. The number of piperidine rings is 1. The summed E-state index contributed by atoms with van der Waals surface area (Å²) >= 11 is 0. The van der Waals surface area contributed by atoms with Crippen LogP contribution in [0.15, 0.2) is 12.1 Å². The van der Waals surface area contributed by atoms with Gasteiger partial charge in [0.25, 0.3) is 5.91 Å². The minimum absolute atomic E-state index is 0.0716. The van der Waals surface area contributed by atoms with E-state index in [1.165, 1.54) is 24.2 Å². The number of hydrogen-bond acceptors (Lipinski definition) is 5. The Labute approximate surface area is 168 Å². The number of nitrogens with zero attached hydrogens (tertiary/aromatic N) is 3. The van der Waals surface area contributed by atoms with E-state index in [2.05, 4.69) is 15.1 Å². The van der Waals surface area contributed by atoms with Gasteiger partial charge in [-0.1, -0.05) is 6.42 Å². The Hall–Kier alpha value is -2.48. The molecule has 4 aliphatic rings. The second-order valence-corrected chi connectivity index (χ2v) is 8.43. The summed E-state index contributed by atoms with van der Waals surface area (Å²) in [5, 5.41) is 2.28. The van der Waals surface area contributed by atoms with Gasteiger partial charge in [-0.05, 0) is 31.4 Å². The van der Waals surface area contributed by atoms with Crippen LogP contribution in [0.25, 0.3) is 0 Å². The van der Waals surface area contributed by atoms with Gasteiger partial charge in [-0.15, -0.1) is 0 Å². The highest BCUT2D eigenvalue weighted by Gasteiger charge is 2.41. The summed E-state index contributed by atoms with van der Waals surface area (Å²) in [5.74, 6) is -1.50. The molecule has 154 valence electrons. The lowest BCUT2D eigenvalue weighted by Crippen LogP contribution is -2.52. The van der Waals surface area contributed by atoms with E-state index < -0.39 is 11.9 Å². The molecule has 3 heterocycles. The minimum Gasteiger partial charge on any atom is -0.367 e. The van der Waals surface area contributed by atoms with Crippen molar-refractivity contribution in [2.75, 3.05) is 31.1 Å². The third-order valence-electron chi connectivity index (χ3n) is 6.87. The molecule has 7 nitrogen and oxygen atoms in total. The predicted octanol–water partition coefficient (Wildman–Crippen LogP) is 1.26. The minimum atomic E-state index is -0.721. The van der Waals surface area contributed by atoms with Gasteiger partial charge < -0.3 is 9.80 Å². The van der Waals surface area contributed by atoms with Gasteiger partial charge in [0.15, 0.2) is 5.82 Å². The molecule has 1 N–H and O–H groups in total.